The van der Waals surface area contributed by atoms with Gasteiger partial charge in [0, 0.05) is 5.69 Å². The maximum atomic E-state index is 13.0. The Morgan fingerprint density at radius 1 is 1.12 bits per heavy atom. The van der Waals surface area contributed by atoms with Crippen LogP contribution in [0.5, 0.6) is 11.5 Å². The second-order valence-electron chi connectivity index (χ2n) is 8.27. The molecule has 0 atom stereocenters. The normalized spacial score (nSPS) is 13.8. The molecule has 11 nitrogen and oxygen atoms in total. The fourth-order valence-corrected chi connectivity index (χ4v) is 5.04. The molecule has 1 N–H and O–H groups in total. The van der Waals surface area contributed by atoms with E-state index in [-0.39, 0.29) is 40.1 Å². The molecule has 14 heteroatoms. The zero-order chi connectivity index (χ0) is 30.1. The van der Waals surface area contributed by atoms with Crippen molar-refractivity contribution in [3.63, 3.8) is 0 Å². The molecular weight excluding hydrogens is 644 g/mol. The molecule has 1 saturated heterocycles. The van der Waals surface area contributed by atoms with Crippen molar-refractivity contribution in [3.05, 3.63) is 55.9 Å². The fraction of sp³-hybridized carbons (Fsp3) is 0.296. The highest BCUT2D eigenvalue weighted by atomic mass is 79.9. The van der Waals surface area contributed by atoms with E-state index < -0.39 is 35.5 Å². The Kier molecular flexibility index (Phi) is 11.6. The lowest BCUT2D eigenvalue weighted by atomic mass is 10.1. The van der Waals surface area contributed by atoms with Gasteiger partial charge < -0.3 is 24.3 Å². The number of hydrogen-bond acceptors (Lipinski definition) is 10. The number of anilines is 1. The Bertz CT molecular complexity index is 1400. The maximum absolute atomic E-state index is 13.0. The minimum Gasteiger partial charge on any atom is -0.490 e. The smallest absolute Gasteiger partial charge is 0.343 e. The van der Waals surface area contributed by atoms with Gasteiger partial charge in [-0.15, -0.1) is 0 Å². The molecule has 41 heavy (non-hydrogen) atoms. The molecule has 0 aliphatic carbocycles. The number of thioether (sulfide) groups is 1. The highest BCUT2D eigenvalue weighted by Crippen LogP contribution is 2.39. The van der Waals surface area contributed by atoms with Crippen molar-refractivity contribution < 1.29 is 42.9 Å². The minimum atomic E-state index is -0.657. The molecule has 0 spiro atoms. The van der Waals surface area contributed by atoms with Gasteiger partial charge in [0.05, 0.1) is 40.3 Å². The second kappa shape index (κ2) is 14.9. The van der Waals surface area contributed by atoms with E-state index in [4.69, 9.17) is 25.8 Å². The van der Waals surface area contributed by atoms with Crippen molar-refractivity contribution in [2.75, 3.05) is 38.8 Å². The van der Waals surface area contributed by atoms with Crippen LogP contribution in [0.2, 0.25) is 5.02 Å². The number of amides is 3. The molecule has 218 valence electrons. The van der Waals surface area contributed by atoms with Crippen molar-refractivity contribution in [1.82, 2.24) is 4.90 Å². The molecule has 1 aliphatic heterocycles. The number of ether oxygens (including phenoxy) is 4. The zero-order valence-electron chi connectivity index (χ0n) is 22.3. The number of halogens is 2. The first-order valence-corrected chi connectivity index (χ1v) is 14.2. The molecular formula is C27H26BrClN2O9S. The Hall–Kier alpha value is -3.55. The lowest BCUT2D eigenvalue weighted by Crippen LogP contribution is -2.36. The summed E-state index contributed by atoms with van der Waals surface area (Å²) in [7, 11) is 1.24. The van der Waals surface area contributed by atoms with Crippen LogP contribution in [-0.2, 0) is 23.9 Å². The summed E-state index contributed by atoms with van der Waals surface area (Å²) in [6, 6.07) is 7.49. The Morgan fingerprint density at radius 2 is 1.88 bits per heavy atom. The van der Waals surface area contributed by atoms with Gasteiger partial charge in [-0.25, -0.2) is 9.59 Å². The summed E-state index contributed by atoms with van der Waals surface area (Å²) in [6.45, 7) is 3.25. The fourth-order valence-electron chi connectivity index (χ4n) is 3.43. The van der Waals surface area contributed by atoms with Crippen molar-refractivity contribution in [3.8, 4) is 11.5 Å². The Labute approximate surface area is 253 Å². The number of nitrogens with zero attached hydrogens (tertiary/aromatic N) is 1. The molecule has 3 rings (SSSR count). The highest BCUT2D eigenvalue weighted by Gasteiger charge is 2.36. The average Bonchev–Trinajstić information content (AvgIpc) is 3.19. The second-order valence-corrected chi connectivity index (χ2v) is 10.5. The van der Waals surface area contributed by atoms with Gasteiger partial charge in [-0.3, -0.25) is 19.3 Å². The molecule has 0 unspecified atom stereocenters. The lowest BCUT2D eigenvalue weighted by molar-refractivity contribution is -0.143. The molecule has 0 bridgehead atoms. The molecule has 1 heterocycles. The average molecular weight is 670 g/mol. The van der Waals surface area contributed by atoms with Crippen molar-refractivity contribution in [2.24, 2.45) is 0 Å². The zero-order valence-corrected chi connectivity index (χ0v) is 25.4. The van der Waals surface area contributed by atoms with Gasteiger partial charge in [-0.1, -0.05) is 18.5 Å². The quantitative estimate of drug-likeness (QED) is 0.234. The van der Waals surface area contributed by atoms with Gasteiger partial charge >= 0.3 is 11.9 Å². The van der Waals surface area contributed by atoms with Crippen molar-refractivity contribution in [1.29, 1.82) is 0 Å². The predicted molar refractivity (Wildman–Crippen MR) is 156 cm³/mol. The summed E-state index contributed by atoms with van der Waals surface area (Å²) >= 11 is 10.1. The van der Waals surface area contributed by atoms with E-state index in [9.17, 15) is 24.0 Å². The third kappa shape index (κ3) is 8.47. The van der Waals surface area contributed by atoms with Crippen LogP contribution in [0.1, 0.15) is 36.2 Å². The summed E-state index contributed by atoms with van der Waals surface area (Å²) < 4.78 is 21.3. The first-order valence-electron chi connectivity index (χ1n) is 12.3. The monoisotopic (exact) mass is 668 g/mol. The molecule has 2 aromatic carbocycles. The maximum Gasteiger partial charge on any atom is 0.343 e. The Morgan fingerprint density at radius 3 is 2.56 bits per heavy atom. The number of methoxy groups -OCH3 is 1. The summed E-state index contributed by atoms with van der Waals surface area (Å²) in [5, 5.41) is 2.09. The lowest BCUT2D eigenvalue weighted by Gasteiger charge is -2.14. The van der Waals surface area contributed by atoms with Crippen LogP contribution in [-0.4, -0.2) is 67.4 Å². The van der Waals surface area contributed by atoms with Gasteiger partial charge in [0.2, 0.25) is 5.91 Å². The summed E-state index contributed by atoms with van der Waals surface area (Å²) in [4.78, 5) is 62.9. The van der Waals surface area contributed by atoms with E-state index in [1.807, 2.05) is 6.92 Å². The SMILES string of the molecule is CCCOC(=O)c1cc(NC(=O)CN2C(=O)S/C(=C\c3cc(Br)c(OCC(=O)OC)c(OCC)c3)C2=O)ccc1Cl. The molecule has 0 aromatic heterocycles. The topological polar surface area (TPSA) is 138 Å². The number of imide groups is 1. The van der Waals surface area contributed by atoms with Crippen LogP contribution in [0.25, 0.3) is 6.08 Å². The molecule has 1 fully saturated rings. The van der Waals surface area contributed by atoms with Crippen LogP contribution in [0, 0.1) is 0 Å². The van der Waals surface area contributed by atoms with Crippen LogP contribution in [0.15, 0.2) is 39.7 Å². The van der Waals surface area contributed by atoms with Gasteiger partial charge in [-0.2, -0.15) is 0 Å². The summed E-state index contributed by atoms with van der Waals surface area (Å²) in [5.41, 5.74) is 0.823. The third-order valence-corrected chi connectivity index (χ3v) is 7.10. The van der Waals surface area contributed by atoms with E-state index in [2.05, 4.69) is 26.0 Å². The molecule has 0 radical (unpaired) electrons. The number of rotatable bonds is 12. The summed E-state index contributed by atoms with van der Waals surface area (Å²) in [5.74, 6) is -1.95. The van der Waals surface area contributed by atoms with Crippen molar-refractivity contribution in [2.45, 2.75) is 20.3 Å². The number of carbonyl (C=O) groups excluding carboxylic acids is 5. The van der Waals surface area contributed by atoms with E-state index in [0.717, 1.165) is 4.90 Å². The minimum absolute atomic E-state index is 0.0753. The number of esters is 2. The van der Waals surface area contributed by atoms with Crippen molar-refractivity contribution >= 4 is 80.0 Å². The first-order chi connectivity index (χ1) is 19.6. The molecule has 0 saturated carbocycles. The molecule has 1 aliphatic rings. The number of hydrogen-bond donors (Lipinski definition) is 1. The number of nitrogens with one attached hydrogen (secondary N) is 1. The number of benzene rings is 2. The van der Waals surface area contributed by atoms with Gasteiger partial charge in [0.25, 0.3) is 11.1 Å². The van der Waals surface area contributed by atoms with E-state index in [0.29, 0.717) is 40.6 Å². The number of carbonyl (C=O) groups is 5. The van der Waals surface area contributed by atoms with E-state index in [1.54, 1.807) is 19.1 Å². The molecule has 2 aromatic rings. The Balaban J connectivity index is 1.73. The third-order valence-electron chi connectivity index (χ3n) is 5.27. The van der Waals surface area contributed by atoms with Gasteiger partial charge in [0.15, 0.2) is 18.1 Å². The summed E-state index contributed by atoms with van der Waals surface area (Å²) in [6.07, 6.45) is 2.11. The highest BCUT2D eigenvalue weighted by molar-refractivity contribution is 9.10. The largest absolute Gasteiger partial charge is 0.490 e. The van der Waals surface area contributed by atoms with E-state index >= 15 is 0 Å². The van der Waals surface area contributed by atoms with E-state index in [1.165, 1.54) is 31.4 Å². The standard InChI is InChI=1S/C27H26BrClN2O9S/c1-4-8-39-26(35)17-12-16(6-7-19(17)29)30-22(32)13-31-25(34)21(41-27(31)36)11-15-9-18(28)24(20(10-15)38-5-2)40-14-23(33)37-3/h6-7,9-12H,4-5,8,13-14H2,1-3H3,(H,30,32)/b21-11-. The first kappa shape index (κ1) is 32.0. The van der Waals surface area contributed by atoms with Gasteiger partial charge in [-0.05, 0) is 83.0 Å². The van der Waals surface area contributed by atoms with Crippen LogP contribution < -0.4 is 14.8 Å². The van der Waals surface area contributed by atoms with Crippen LogP contribution in [0.4, 0.5) is 10.5 Å². The van der Waals surface area contributed by atoms with Crippen LogP contribution in [0.3, 0.4) is 0 Å². The predicted octanol–water partition coefficient (Wildman–Crippen LogP) is 5.29. The van der Waals surface area contributed by atoms with Crippen LogP contribution >= 0.6 is 39.3 Å². The van der Waals surface area contributed by atoms with Gasteiger partial charge in [0.1, 0.15) is 6.54 Å². The molecule has 3 amide bonds.